The molecule has 102 valence electrons. The lowest BCUT2D eigenvalue weighted by Crippen LogP contribution is -2.15. The maximum Gasteiger partial charge on any atom is 0.158 e. The van der Waals surface area contributed by atoms with Gasteiger partial charge < -0.3 is 10.1 Å². The maximum absolute atomic E-state index is 12.9. The van der Waals surface area contributed by atoms with Crippen molar-refractivity contribution in [3.63, 3.8) is 0 Å². The maximum atomic E-state index is 12.9. The molecule has 1 atom stereocenters. The first kappa shape index (κ1) is 13.9. The van der Waals surface area contributed by atoms with E-state index in [1.165, 1.54) is 24.5 Å². The molecule has 1 unspecified atom stereocenters. The van der Waals surface area contributed by atoms with Crippen LogP contribution in [0.3, 0.4) is 0 Å². The molecule has 1 aromatic carbocycles. The van der Waals surface area contributed by atoms with Crippen molar-refractivity contribution < 1.29 is 9.13 Å². The van der Waals surface area contributed by atoms with Crippen molar-refractivity contribution in [1.29, 1.82) is 5.26 Å². The second-order valence-electron chi connectivity index (χ2n) is 4.06. The summed E-state index contributed by atoms with van der Waals surface area (Å²) < 4.78 is 18.2. The van der Waals surface area contributed by atoms with E-state index in [2.05, 4.69) is 15.3 Å². The Morgan fingerprint density at radius 2 is 2.05 bits per heavy atom. The van der Waals surface area contributed by atoms with E-state index in [9.17, 15) is 4.39 Å². The molecular formula is C14H13FN4O. The molecule has 1 aromatic heterocycles. The first-order valence-corrected chi connectivity index (χ1v) is 5.97. The van der Waals surface area contributed by atoms with Crippen LogP contribution in [0.5, 0.6) is 0 Å². The molecule has 0 saturated carbocycles. The summed E-state index contributed by atoms with van der Waals surface area (Å²) in [7, 11) is 1.58. The summed E-state index contributed by atoms with van der Waals surface area (Å²) in [6.45, 7) is 0.461. The number of anilines is 1. The van der Waals surface area contributed by atoms with Crippen LogP contribution in [0.25, 0.3) is 0 Å². The van der Waals surface area contributed by atoms with Crippen LogP contribution in [0, 0.1) is 17.1 Å². The van der Waals surface area contributed by atoms with Gasteiger partial charge in [-0.25, -0.2) is 14.4 Å². The lowest BCUT2D eigenvalue weighted by molar-refractivity contribution is 0.114. The number of nitriles is 1. The van der Waals surface area contributed by atoms with Gasteiger partial charge in [-0.15, -0.1) is 0 Å². The van der Waals surface area contributed by atoms with Gasteiger partial charge in [0.15, 0.2) is 5.69 Å². The van der Waals surface area contributed by atoms with Crippen molar-refractivity contribution in [2.75, 3.05) is 19.0 Å². The summed E-state index contributed by atoms with van der Waals surface area (Å²) in [5, 5.41) is 11.7. The normalized spacial score (nSPS) is 11.7. The Hall–Kier alpha value is -2.52. The highest BCUT2D eigenvalue weighted by molar-refractivity contribution is 5.34. The van der Waals surface area contributed by atoms with Crippen LogP contribution >= 0.6 is 0 Å². The van der Waals surface area contributed by atoms with E-state index in [0.29, 0.717) is 12.4 Å². The third-order valence-electron chi connectivity index (χ3n) is 2.76. The molecule has 0 spiro atoms. The van der Waals surface area contributed by atoms with Crippen LogP contribution < -0.4 is 5.32 Å². The van der Waals surface area contributed by atoms with Crippen LogP contribution in [-0.2, 0) is 4.74 Å². The minimum Gasteiger partial charge on any atom is -0.375 e. The lowest BCUT2D eigenvalue weighted by atomic mass is 10.1. The zero-order chi connectivity index (χ0) is 14.4. The molecule has 0 saturated heterocycles. The number of rotatable bonds is 5. The largest absolute Gasteiger partial charge is 0.375 e. The van der Waals surface area contributed by atoms with Crippen LogP contribution in [-0.4, -0.2) is 23.6 Å². The minimum absolute atomic E-state index is 0.229. The molecule has 2 rings (SSSR count). The number of hydrogen-bond acceptors (Lipinski definition) is 5. The second-order valence-corrected chi connectivity index (χ2v) is 4.06. The van der Waals surface area contributed by atoms with E-state index < -0.39 is 0 Å². The Balaban J connectivity index is 2.00. The van der Waals surface area contributed by atoms with E-state index in [0.717, 1.165) is 5.56 Å². The Morgan fingerprint density at radius 1 is 1.30 bits per heavy atom. The second kappa shape index (κ2) is 6.59. The topological polar surface area (TPSA) is 70.8 Å². The fraction of sp³-hybridized carbons (Fsp3) is 0.214. The number of ether oxygens (including phenoxy) is 1. The summed E-state index contributed by atoms with van der Waals surface area (Å²) in [4.78, 5) is 7.96. The highest BCUT2D eigenvalue weighted by Crippen LogP contribution is 2.17. The third-order valence-corrected chi connectivity index (χ3v) is 2.76. The van der Waals surface area contributed by atoms with Gasteiger partial charge in [-0.2, -0.15) is 5.26 Å². The molecule has 5 nitrogen and oxygen atoms in total. The molecule has 1 N–H and O–H groups in total. The van der Waals surface area contributed by atoms with Crippen LogP contribution in [0.4, 0.5) is 10.2 Å². The molecule has 0 aliphatic rings. The summed E-state index contributed by atoms with van der Waals surface area (Å²) in [5.74, 6) is 0.266. The fourth-order valence-corrected chi connectivity index (χ4v) is 1.69. The number of hydrogen-bond donors (Lipinski definition) is 1. The minimum atomic E-state index is -0.283. The lowest BCUT2D eigenvalue weighted by Gasteiger charge is -2.16. The number of methoxy groups -OCH3 is 1. The number of nitrogens with zero attached hydrogens (tertiary/aromatic N) is 3. The predicted octanol–water partition coefficient (Wildman–Crippen LogP) is 2.29. The zero-order valence-corrected chi connectivity index (χ0v) is 10.9. The van der Waals surface area contributed by atoms with Gasteiger partial charge in [-0.3, -0.25) is 0 Å². The number of benzene rings is 1. The van der Waals surface area contributed by atoms with Crippen LogP contribution in [0.2, 0.25) is 0 Å². The third kappa shape index (κ3) is 3.49. The fourth-order valence-electron chi connectivity index (χ4n) is 1.69. The van der Waals surface area contributed by atoms with E-state index in [4.69, 9.17) is 10.00 Å². The quantitative estimate of drug-likeness (QED) is 0.904. The summed E-state index contributed by atoms with van der Waals surface area (Å²) in [5.41, 5.74) is 1.13. The Labute approximate surface area is 116 Å². The van der Waals surface area contributed by atoms with Crippen molar-refractivity contribution in [2.24, 2.45) is 0 Å². The average molecular weight is 272 g/mol. The van der Waals surface area contributed by atoms with Gasteiger partial charge in [0, 0.05) is 13.7 Å². The van der Waals surface area contributed by atoms with Gasteiger partial charge in [0.2, 0.25) is 0 Å². The molecule has 0 fully saturated rings. The van der Waals surface area contributed by atoms with Gasteiger partial charge in [0.1, 0.15) is 17.7 Å². The highest BCUT2D eigenvalue weighted by atomic mass is 19.1. The highest BCUT2D eigenvalue weighted by Gasteiger charge is 2.10. The Morgan fingerprint density at radius 3 is 2.60 bits per heavy atom. The number of aromatic nitrogens is 2. The van der Waals surface area contributed by atoms with Gasteiger partial charge in [0.05, 0.1) is 18.5 Å². The summed E-state index contributed by atoms with van der Waals surface area (Å²) in [6, 6.07) is 8.04. The van der Waals surface area contributed by atoms with E-state index >= 15 is 0 Å². The molecule has 6 heteroatoms. The molecule has 1 heterocycles. The standard InChI is InChI=1S/C14H13FN4O/c1-20-13(10-2-4-11(15)5-3-10)8-19-14-9-17-12(6-16)7-18-14/h2-5,7,9,13H,8H2,1H3,(H,18,19). The molecule has 0 aliphatic carbocycles. The SMILES string of the molecule is COC(CNc1cnc(C#N)cn1)c1ccc(F)cc1. The Bertz CT molecular complexity index is 592. The predicted molar refractivity (Wildman–Crippen MR) is 71.4 cm³/mol. The molecule has 2 aromatic rings. The molecule has 0 amide bonds. The summed E-state index contributed by atoms with van der Waals surface area (Å²) >= 11 is 0. The van der Waals surface area contributed by atoms with Gasteiger partial charge in [-0.05, 0) is 17.7 Å². The molecule has 20 heavy (non-hydrogen) atoms. The number of halogens is 1. The van der Waals surface area contributed by atoms with Crippen molar-refractivity contribution in [3.05, 3.63) is 53.7 Å². The zero-order valence-electron chi connectivity index (χ0n) is 10.9. The summed E-state index contributed by atoms with van der Waals surface area (Å²) in [6.07, 6.45) is 2.64. The molecule has 0 bridgehead atoms. The van der Waals surface area contributed by atoms with Crippen molar-refractivity contribution >= 4 is 5.82 Å². The molecule has 0 aliphatic heterocycles. The van der Waals surface area contributed by atoms with E-state index in [-0.39, 0.29) is 17.6 Å². The van der Waals surface area contributed by atoms with Gasteiger partial charge >= 0.3 is 0 Å². The van der Waals surface area contributed by atoms with E-state index in [1.807, 2.05) is 6.07 Å². The average Bonchev–Trinajstić information content (AvgIpc) is 2.50. The van der Waals surface area contributed by atoms with Crippen LogP contribution in [0.1, 0.15) is 17.4 Å². The van der Waals surface area contributed by atoms with Gasteiger partial charge in [0.25, 0.3) is 0 Å². The van der Waals surface area contributed by atoms with Crippen molar-refractivity contribution in [2.45, 2.75) is 6.10 Å². The monoisotopic (exact) mass is 272 g/mol. The first-order valence-electron chi connectivity index (χ1n) is 5.97. The van der Waals surface area contributed by atoms with Crippen LogP contribution in [0.15, 0.2) is 36.7 Å². The van der Waals surface area contributed by atoms with Gasteiger partial charge in [-0.1, -0.05) is 12.1 Å². The van der Waals surface area contributed by atoms with E-state index in [1.54, 1.807) is 19.2 Å². The number of nitrogens with one attached hydrogen (secondary N) is 1. The molecule has 0 radical (unpaired) electrons. The van der Waals surface area contributed by atoms with Crippen molar-refractivity contribution in [3.8, 4) is 6.07 Å². The Kier molecular flexibility index (Phi) is 4.58. The van der Waals surface area contributed by atoms with Crippen molar-refractivity contribution in [1.82, 2.24) is 9.97 Å². The molecular weight excluding hydrogens is 259 g/mol. The first-order chi connectivity index (χ1) is 9.72. The smallest absolute Gasteiger partial charge is 0.158 e.